The summed E-state index contributed by atoms with van der Waals surface area (Å²) in [6.45, 7) is 5.42. The van der Waals surface area contributed by atoms with Crippen molar-refractivity contribution in [3.8, 4) is 17.2 Å². The third-order valence-corrected chi connectivity index (χ3v) is 12.2. The molecule has 5 aliphatic rings. The second kappa shape index (κ2) is 11.5. The van der Waals surface area contributed by atoms with E-state index in [1.165, 1.54) is 0 Å². The number of carbonyl (C=O) groups is 1. The van der Waals surface area contributed by atoms with Crippen LogP contribution < -0.4 is 5.32 Å². The van der Waals surface area contributed by atoms with Crippen LogP contribution in [0.2, 0.25) is 10.0 Å². The highest BCUT2D eigenvalue weighted by Gasteiger charge is 2.51. The van der Waals surface area contributed by atoms with Crippen LogP contribution in [0.3, 0.4) is 0 Å². The van der Waals surface area contributed by atoms with Gasteiger partial charge in [0.15, 0.2) is 5.82 Å². The zero-order valence-electron chi connectivity index (χ0n) is 27.3. The van der Waals surface area contributed by atoms with E-state index in [0.29, 0.717) is 52.4 Å². The third kappa shape index (κ3) is 4.73. The number of pyridine rings is 1. The van der Waals surface area contributed by atoms with Crippen LogP contribution in [-0.2, 0) is 11.2 Å². The highest BCUT2D eigenvalue weighted by atomic mass is 35.5. The van der Waals surface area contributed by atoms with Crippen molar-refractivity contribution in [1.82, 2.24) is 34.8 Å². The van der Waals surface area contributed by atoms with Crippen molar-refractivity contribution in [1.29, 1.82) is 5.26 Å². The molecule has 2 aromatic carbocycles. The maximum absolute atomic E-state index is 17.1. The lowest BCUT2D eigenvalue weighted by atomic mass is 9.79. The average molecular weight is 698 g/mol. The third-order valence-electron chi connectivity index (χ3n) is 11.4. The second-order valence-corrected chi connectivity index (χ2v) is 15.1. The Morgan fingerprint density at radius 3 is 2.69 bits per heavy atom. The minimum absolute atomic E-state index is 0.00565. The van der Waals surface area contributed by atoms with E-state index in [4.69, 9.17) is 28.2 Å². The molecule has 49 heavy (non-hydrogen) atoms. The molecule has 5 atom stereocenters. The Hall–Kier alpha value is -4.04. The fourth-order valence-electron chi connectivity index (χ4n) is 8.83. The zero-order chi connectivity index (χ0) is 33.7. The lowest BCUT2D eigenvalue weighted by molar-refractivity contribution is -0.133. The van der Waals surface area contributed by atoms with Crippen LogP contribution in [0.4, 0.5) is 4.39 Å². The molecule has 2 aliphatic carbocycles. The normalized spacial score (nSPS) is 24.6. The maximum atomic E-state index is 17.1. The van der Waals surface area contributed by atoms with Crippen LogP contribution in [0.1, 0.15) is 72.9 Å². The molecule has 10 rings (SSSR count). The summed E-state index contributed by atoms with van der Waals surface area (Å²) in [5.41, 5.74) is 5.42. The van der Waals surface area contributed by atoms with Crippen molar-refractivity contribution in [3.05, 3.63) is 75.0 Å². The Balaban J connectivity index is 1.30. The average Bonchev–Trinajstić information content (AvgIpc) is 3.53. The van der Waals surface area contributed by atoms with Crippen LogP contribution in [-0.4, -0.2) is 54.5 Å². The first-order valence-corrected chi connectivity index (χ1v) is 17.9. The smallest absolute Gasteiger partial charge is 0.226 e. The molecule has 12 heteroatoms. The molecule has 1 N–H and O–H groups in total. The number of hydrogen-bond donors (Lipinski definition) is 1. The summed E-state index contributed by atoms with van der Waals surface area (Å²) >= 11 is 13.1. The largest absolute Gasteiger partial charge is 0.337 e. The van der Waals surface area contributed by atoms with Gasteiger partial charge in [-0.05, 0) is 75.6 Å². The molecule has 6 heterocycles. The van der Waals surface area contributed by atoms with Gasteiger partial charge in [-0.3, -0.25) is 4.79 Å². The number of fused-ring (bicyclic) bond motifs is 4. The molecule has 0 radical (unpaired) electrons. The number of likely N-dealkylation sites (tertiary alicyclic amines) is 1. The van der Waals surface area contributed by atoms with E-state index in [-0.39, 0.29) is 53.0 Å². The molecule has 3 aromatic heterocycles. The topological polar surface area (TPSA) is 105 Å². The number of nitrogens with zero attached hydrogens (tertiary/aromatic N) is 7. The molecule has 250 valence electrons. The van der Waals surface area contributed by atoms with E-state index in [1.54, 1.807) is 24.4 Å². The van der Waals surface area contributed by atoms with E-state index < -0.39 is 5.82 Å². The highest BCUT2D eigenvalue weighted by molar-refractivity contribution is 6.43. The van der Waals surface area contributed by atoms with E-state index in [9.17, 15) is 10.1 Å². The van der Waals surface area contributed by atoms with Crippen molar-refractivity contribution >= 4 is 50.9 Å². The quantitative estimate of drug-likeness (QED) is 0.190. The van der Waals surface area contributed by atoms with Gasteiger partial charge < -0.3 is 14.8 Å². The number of carbonyl (C=O) groups excluding carboxylic acids is 1. The van der Waals surface area contributed by atoms with E-state index in [1.807, 2.05) is 24.6 Å². The first-order valence-electron chi connectivity index (χ1n) is 17.1. The standard InChI is InChI=1S/C37H35Cl2FN8O/c1-18-15-43-45-48(18)23-13-29(46(17-23)37(49)20-8-9-20)30-14-25-19(2)44-34-26(36(25)47(30)35-22-12-28(35)42-16-22)11-21(5-4-10-41)31(33(34)40)24-6-3-7-27(38)32(24)39/h3,6-7,11,14-15,20,22-23,28-29,35,42H,4-5,8-9,12-13,16-17H2,1-2H3. The van der Waals surface area contributed by atoms with Gasteiger partial charge in [-0.1, -0.05) is 40.5 Å². The molecule has 9 nitrogen and oxygen atoms in total. The number of aromatic nitrogens is 5. The van der Waals surface area contributed by atoms with Gasteiger partial charge in [0, 0.05) is 64.8 Å². The number of hydrogen-bond acceptors (Lipinski definition) is 6. The lowest BCUT2D eigenvalue weighted by Crippen LogP contribution is -2.41. The van der Waals surface area contributed by atoms with E-state index in [2.05, 4.69) is 37.2 Å². The fraction of sp³-hybridized carbons (Fsp3) is 0.432. The summed E-state index contributed by atoms with van der Waals surface area (Å²) in [5, 5.41) is 24.1. The zero-order valence-corrected chi connectivity index (χ0v) is 28.8. The van der Waals surface area contributed by atoms with Crippen molar-refractivity contribution in [2.45, 2.75) is 76.5 Å². The van der Waals surface area contributed by atoms with Gasteiger partial charge in [0.2, 0.25) is 5.91 Å². The number of benzene rings is 2. The van der Waals surface area contributed by atoms with Crippen molar-refractivity contribution < 1.29 is 9.18 Å². The summed E-state index contributed by atoms with van der Waals surface area (Å²) in [7, 11) is 0. The second-order valence-electron chi connectivity index (χ2n) is 14.3. The summed E-state index contributed by atoms with van der Waals surface area (Å²) in [5.74, 6) is 0.217. The van der Waals surface area contributed by atoms with Crippen LogP contribution in [0.25, 0.3) is 32.9 Å². The van der Waals surface area contributed by atoms with E-state index >= 15 is 4.39 Å². The van der Waals surface area contributed by atoms with Crippen molar-refractivity contribution in [3.63, 3.8) is 0 Å². The van der Waals surface area contributed by atoms with Gasteiger partial charge in [0.25, 0.3) is 0 Å². The lowest BCUT2D eigenvalue weighted by Gasteiger charge is -2.39. The summed E-state index contributed by atoms with van der Waals surface area (Å²) in [6, 6.07) is 11.9. The van der Waals surface area contributed by atoms with Crippen LogP contribution in [0, 0.1) is 42.8 Å². The van der Waals surface area contributed by atoms with Gasteiger partial charge >= 0.3 is 0 Å². The predicted octanol–water partition coefficient (Wildman–Crippen LogP) is 7.42. The number of nitriles is 1. The molecule has 1 amide bonds. The Kier molecular flexibility index (Phi) is 7.28. The predicted molar refractivity (Wildman–Crippen MR) is 186 cm³/mol. The molecule has 3 aliphatic heterocycles. The van der Waals surface area contributed by atoms with Crippen LogP contribution in [0.15, 0.2) is 36.5 Å². The van der Waals surface area contributed by atoms with Crippen molar-refractivity contribution in [2.75, 3.05) is 13.1 Å². The number of aryl methyl sites for hydroxylation is 3. The minimum Gasteiger partial charge on any atom is -0.337 e. The van der Waals surface area contributed by atoms with Gasteiger partial charge in [-0.25, -0.2) is 14.1 Å². The SMILES string of the molecule is Cc1nc2c(F)c(-c3cccc(Cl)c3Cl)c(CCC#N)cc2c2c1cc(C1CC(n3nncc3C)CN1C(=O)C1CC1)n2C1C2CNC1C2. The maximum Gasteiger partial charge on any atom is 0.226 e. The molecule has 5 aromatic rings. The first kappa shape index (κ1) is 31.0. The minimum atomic E-state index is -0.475. The fourth-order valence-corrected chi connectivity index (χ4v) is 9.23. The molecular formula is C37H35Cl2FN8O. The Labute approximate surface area is 293 Å². The Morgan fingerprint density at radius 1 is 1.16 bits per heavy atom. The number of nitrogens with one attached hydrogen (secondary N) is 1. The summed E-state index contributed by atoms with van der Waals surface area (Å²) < 4.78 is 21.5. The van der Waals surface area contributed by atoms with Crippen LogP contribution in [0.5, 0.6) is 0 Å². The van der Waals surface area contributed by atoms with Crippen LogP contribution >= 0.6 is 23.2 Å². The Bertz CT molecular complexity index is 2220. The molecule has 5 unspecified atom stereocenters. The molecule has 2 bridgehead atoms. The van der Waals surface area contributed by atoms with Gasteiger partial charge in [-0.2, -0.15) is 5.26 Å². The highest BCUT2D eigenvalue weighted by Crippen LogP contribution is 2.52. The number of rotatable bonds is 7. The Morgan fingerprint density at radius 2 is 2.00 bits per heavy atom. The van der Waals surface area contributed by atoms with Gasteiger partial charge in [0.1, 0.15) is 5.52 Å². The van der Waals surface area contributed by atoms with E-state index in [0.717, 1.165) is 53.8 Å². The molecule has 2 saturated carbocycles. The number of halogens is 3. The van der Waals surface area contributed by atoms with Gasteiger partial charge in [0.05, 0.1) is 51.6 Å². The molecule has 0 spiro atoms. The molecule has 5 fully saturated rings. The summed E-state index contributed by atoms with van der Waals surface area (Å²) in [6.07, 6.45) is 5.95. The first-order chi connectivity index (χ1) is 23.7. The molecular weight excluding hydrogens is 662 g/mol. The van der Waals surface area contributed by atoms with Crippen molar-refractivity contribution in [2.24, 2.45) is 11.8 Å². The number of amides is 1. The van der Waals surface area contributed by atoms with Gasteiger partial charge in [-0.15, -0.1) is 5.10 Å². The summed E-state index contributed by atoms with van der Waals surface area (Å²) in [4.78, 5) is 20.9. The monoisotopic (exact) mass is 696 g/mol. The molecule has 3 saturated heterocycles.